The molecule has 0 N–H and O–H groups in total. The summed E-state index contributed by atoms with van der Waals surface area (Å²) >= 11 is 0. The second-order valence-electron chi connectivity index (χ2n) is 4.03. The molecule has 0 spiro atoms. The fraction of sp³-hybridized carbons (Fsp3) is 0.357. The Bertz CT molecular complexity index is 522. The first kappa shape index (κ1) is 15.5. The van der Waals surface area contributed by atoms with Gasteiger partial charge in [0.25, 0.3) is 5.91 Å². The molecule has 0 heterocycles. The number of nitrogens with zero attached hydrogens (tertiary/aromatic N) is 2. The number of carbonyl (C=O) groups excluding carboxylic acids is 2. The molecular formula is C14H16N2O4. The zero-order chi connectivity index (χ0) is 15.0. The molecule has 0 saturated carbocycles. The van der Waals surface area contributed by atoms with Gasteiger partial charge >= 0.3 is 5.97 Å². The highest BCUT2D eigenvalue weighted by atomic mass is 16.5. The van der Waals surface area contributed by atoms with E-state index in [1.165, 1.54) is 18.1 Å². The molecule has 0 saturated heterocycles. The van der Waals surface area contributed by atoms with Crippen molar-refractivity contribution in [3.63, 3.8) is 0 Å². The van der Waals surface area contributed by atoms with Gasteiger partial charge in [-0.3, -0.25) is 4.79 Å². The van der Waals surface area contributed by atoms with Crippen LogP contribution in [0.1, 0.15) is 16.8 Å². The minimum Gasteiger partial charge on any atom is -0.497 e. The lowest BCUT2D eigenvalue weighted by atomic mass is 10.2. The van der Waals surface area contributed by atoms with Crippen LogP contribution in [0.3, 0.4) is 0 Å². The van der Waals surface area contributed by atoms with E-state index in [4.69, 9.17) is 14.7 Å². The van der Waals surface area contributed by atoms with Crippen LogP contribution in [0.5, 0.6) is 5.75 Å². The van der Waals surface area contributed by atoms with E-state index in [1.54, 1.807) is 25.2 Å². The number of hydrogen-bond acceptors (Lipinski definition) is 5. The van der Waals surface area contributed by atoms with Crippen molar-refractivity contribution in [1.82, 2.24) is 4.90 Å². The molecule has 0 atom stereocenters. The Hall–Kier alpha value is -2.55. The second-order valence-corrected chi connectivity index (χ2v) is 4.03. The minimum atomic E-state index is -0.592. The zero-order valence-electron chi connectivity index (χ0n) is 11.5. The van der Waals surface area contributed by atoms with Crippen molar-refractivity contribution in [2.45, 2.75) is 6.42 Å². The van der Waals surface area contributed by atoms with Crippen LogP contribution >= 0.6 is 0 Å². The predicted molar refractivity (Wildman–Crippen MR) is 71.1 cm³/mol. The Morgan fingerprint density at radius 2 is 2.15 bits per heavy atom. The Kier molecular flexibility index (Phi) is 6.04. The third-order valence-corrected chi connectivity index (χ3v) is 2.62. The van der Waals surface area contributed by atoms with Gasteiger partial charge in [-0.1, -0.05) is 6.07 Å². The summed E-state index contributed by atoms with van der Waals surface area (Å²) in [6.45, 7) is -0.0377. The van der Waals surface area contributed by atoms with Gasteiger partial charge in [0.05, 0.1) is 25.2 Å². The van der Waals surface area contributed by atoms with Crippen LogP contribution in [-0.2, 0) is 9.53 Å². The number of hydrogen-bond donors (Lipinski definition) is 0. The number of nitriles is 1. The van der Waals surface area contributed by atoms with Crippen molar-refractivity contribution in [2.24, 2.45) is 0 Å². The van der Waals surface area contributed by atoms with E-state index >= 15 is 0 Å². The van der Waals surface area contributed by atoms with Gasteiger partial charge in [-0.05, 0) is 18.2 Å². The van der Waals surface area contributed by atoms with Gasteiger partial charge in [-0.15, -0.1) is 0 Å². The van der Waals surface area contributed by atoms with Gasteiger partial charge in [0.2, 0.25) is 0 Å². The first-order chi connectivity index (χ1) is 9.58. The molecule has 1 aromatic rings. The molecule has 0 bridgehead atoms. The van der Waals surface area contributed by atoms with Crippen molar-refractivity contribution in [2.75, 3.05) is 27.3 Å². The minimum absolute atomic E-state index is 0.242. The summed E-state index contributed by atoms with van der Waals surface area (Å²) in [5, 5.41) is 8.43. The lowest BCUT2D eigenvalue weighted by Gasteiger charge is -2.15. The number of likely N-dealkylation sites (N-methyl/N-ethyl adjacent to an activating group) is 1. The monoisotopic (exact) mass is 276 g/mol. The highest BCUT2D eigenvalue weighted by Crippen LogP contribution is 2.13. The Morgan fingerprint density at radius 1 is 1.40 bits per heavy atom. The molecule has 0 aliphatic rings. The number of amides is 1. The number of rotatable bonds is 6. The summed E-state index contributed by atoms with van der Waals surface area (Å²) in [7, 11) is 3.05. The smallest absolute Gasteiger partial charge is 0.338 e. The van der Waals surface area contributed by atoms with Crippen molar-refractivity contribution >= 4 is 11.9 Å². The molecule has 1 amide bonds. The number of benzene rings is 1. The van der Waals surface area contributed by atoms with E-state index in [9.17, 15) is 9.59 Å². The predicted octanol–water partition coefficient (Wildman–Crippen LogP) is 1.22. The van der Waals surface area contributed by atoms with Crippen molar-refractivity contribution in [3.8, 4) is 11.8 Å². The van der Waals surface area contributed by atoms with Gasteiger partial charge < -0.3 is 14.4 Å². The van der Waals surface area contributed by atoms with E-state index in [0.717, 1.165) is 0 Å². The molecule has 0 aromatic heterocycles. The topological polar surface area (TPSA) is 79.6 Å². The highest BCUT2D eigenvalue weighted by Gasteiger charge is 2.13. The molecule has 0 aliphatic heterocycles. The van der Waals surface area contributed by atoms with E-state index in [1.807, 2.05) is 6.07 Å². The first-order valence-electron chi connectivity index (χ1n) is 6.00. The Balaban J connectivity index is 2.50. The van der Waals surface area contributed by atoms with E-state index < -0.39 is 5.97 Å². The van der Waals surface area contributed by atoms with Crippen LogP contribution in [-0.4, -0.2) is 44.1 Å². The molecule has 0 fully saturated rings. The standard InChI is InChI=1S/C14H16N2O4/c1-16(8-4-7-15)13(17)10-20-14(18)11-5-3-6-12(9-11)19-2/h3,5-6,9H,4,8,10H2,1-2H3. The summed E-state index contributed by atoms with van der Waals surface area (Å²) in [5.74, 6) is -0.403. The lowest BCUT2D eigenvalue weighted by Crippen LogP contribution is -2.31. The third-order valence-electron chi connectivity index (χ3n) is 2.62. The average Bonchev–Trinajstić information content (AvgIpc) is 2.49. The Morgan fingerprint density at radius 3 is 2.80 bits per heavy atom. The van der Waals surface area contributed by atoms with Crippen LogP contribution in [0.2, 0.25) is 0 Å². The second kappa shape index (κ2) is 7.79. The quantitative estimate of drug-likeness (QED) is 0.730. The van der Waals surface area contributed by atoms with Crippen LogP contribution in [0.15, 0.2) is 24.3 Å². The van der Waals surface area contributed by atoms with Crippen molar-refractivity contribution in [1.29, 1.82) is 5.26 Å². The molecule has 0 unspecified atom stereocenters. The molecule has 20 heavy (non-hydrogen) atoms. The van der Waals surface area contributed by atoms with E-state index in [2.05, 4.69) is 0 Å². The maximum Gasteiger partial charge on any atom is 0.338 e. The van der Waals surface area contributed by atoms with Crippen LogP contribution < -0.4 is 4.74 Å². The molecule has 0 radical (unpaired) electrons. The number of carbonyl (C=O) groups is 2. The van der Waals surface area contributed by atoms with E-state index in [0.29, 0.717) is 17.9 Å². The SMILES string of the molecule is COc1cccc(C(=O)OCC(=O)N(C)CCC#N)c1. The van der Waals surface area contributed by atoms with Gasteiger partial charge in [0.1, 0.15) is 5.75 Å². The maximum absolute atomic E-state index is 11.8. The Labute approximate surface area is 117 Å². The van der Waals surface area contributed by atoms with Gasteiger partial charge in [0, 0.05) is 13.6 Å². The fourth-order valence-electron chi connectivity index (χ4n) is 1.41. The van der Waals surface area contributed by atoms with E-state index in [-0.39, 0.29) is 18.9 Å². The maximum atomic E-state index is 11.8. The average molecular weight is 276 g/mol. The summed E-state index contributed by atoms with van der Waals surface area (Å²) in [4.78, 5) is 24.7. The summed E-state index contributed by atoms with van der Waals surface area (Å²) in [6.07, 6.45) is 0.242. The summed E-state index contributed by atoms with van der Waals surface area (Å²) in [6, 6.07) is 8.42. The molecule has 106 valence electrons. The number of methoxy groups -OCH3 is 1. The highest BCUT2D eigenvalue weighted by molar-refractivity contribution is 5.91. The zero-order valence-corrected chi connectivity index (χ0v) is 11.5. The molecule has 1 rings (SSSR count). The largest absolute Gasteiger partial charge is 0.497 e. The van der Waals surface area contributed by atoms with Gasteiger partial charge in [-0.2, -0.15) is 5.26 Å². The normalized spacial score (nSPS) is 9.45. The third kappa shape index (κ3) is 4.61. The summed E-state index contributed by atoms with van der Waals surface area (Å²) < 4.78 is 9.92. The molecule has 0 aliphatic carbocycles. The summed E-state index contributed by atoms with van der Waals surface area (Å²) in [5.41, 5.74) is 0.317. The number of ether oxygens (including phenoxy) is 2. The first-order valence-corrected chi connectivity index (χ1v) is 6.00. The van der Waals surface area contributed by atoms with Crippen LogP contribution in [0.4, 0.5) is 0 Å². The molecular weight excluding hydrogens is 260 g/mol. The van der Waals surface area contributed by atoms with Crippen LogP contribution in [0, 0.1) is 11.3 Å². The van der Waals surface area contributed by atoms with Gasteiger partial charge in [-0.25, -0.2) is 4.79 Å². The fourth-order valence-corrected chi connectivity index (χ4v) is 1.41. The van der Waals surface area contributed by atoms with Gasteiger partial charge in [0.15, 0.2) is 6.61 Å². The molecule has 6 heteroatoms. The molecule has 6 nitrogen and oxygen atoms in total. The van der Waals surface area contributed by atoms with Crippen LogP contribution in [0.25, 0.3) is 0 Å². The lowest BCUT2D eigenvalue weighted by molar-refractivity contribution is -0.133. The van der Waals surface area contributed by atoms with Crippen molar-refractivity contribution < 1.29 is 19.1 Å². The van der Waals surface area contributed by atoms with Crippen molar-refractivity contribution in [3.05, 3.63) is 29.8 Å². The molecule has 1 aromatic carbocycles. The number of esters is 1.